The lowest BCUT2D eigenvalue weighted by molar-refractivity contribution is 0.183. The molecule has 0 amide bonds. The first kappa shape index (κ1) is 16.1. The van der Waals surface area contributed by atoms with Crippen LogP contribution < -0.4 is 10.9 Å². The molecular weight excluding hydrogens is 262 g/mol. The number of aromatic nitrogens is 1. The van der Waals surface area contributed by atoms with Crippen molar-refractivity contribution in [2.45, 2.75) is 52.6 Å². The second-order valence-electron chi connectivity index (χ2n) is 6.15. The maximum absolute atomic E-state index is 11.7. The maximum Gasteiger partial charge on any atom is 0.250 e. The van der Waals surface area contributed by atoms with E-state index in [9.17, 15) is 4.79 Å². The molecule has 1 aliphatic heterocycles. The molecular formula is C17H29N3O. The lowest BCUT2D eigenvalue weighted by Gasteiger charge is -2.34. The summed E-state index contributed by atoms with van der Waals surface area (Å²) in [5.74, 6) is 0.722. The number of nitrogens with one attached hydrogen (secondary N) is 1. The predicted molar refractivity (Wildman–Crippen MR) is 88.9 cm³/mol. The van der Waals surface area contributed by atoms with Crippen LogP contribution in [0, 0.1) is 5.92 Å². The van der Waals surface area contributed by atoms with E-state index in [-0.39, 0.29) is 5.56 Å². The Balaban J connectivity index is 1.95. The molecule has 4 nitrogen and oxygen atoms in total. The molecule has 118 valence electrons. The molecule has 1 aromatic rings. The molecule has 1 unspecified atom stereocenters. The number of rotatable bonds is 6. The molecule has 0 radical (unpaired) electrons. The molecule has 0 aliphatic carbocycles. The van der Waals surface area contributed by atoms with E-state index in [1.807, 2.05) is 12.3 Å². The van der Waals surface area contributed by atoms with Crippen LogP contribution in [0.4, 0.5) is 5.69 Å². The molecule has 1 fully saturated rings. The Kier molecular flexibility index (Phi) is 5.85. The van der Waals surface area contributed by atoms with Gasteiger partial charge in [0, 0.05) is 24.8 Å². The van der Waals surface area contributed by atoms with Crippen molar-refractivity contribution in [3.8, 4) is 0 Å². The first-order valence-corrected chi connectivity index (χ1v) is 8.33. The minimum Gasteiger partial charge on any atom is -0.381 e. The number of aryl methyl sites for hydroxylation is 1. The Labute approximate surface area is 128 Å². The third-order valence-electron chi connectivity index (χ3n) is 4.63. The smallest absolute Gasteiger partial charge is 0.250 e. The molecule has 0 spiro atoms. The van der Waals surface area contributed by atoms with Gasteiger partial charge in [-0.15, -0.1) is 0 Å². The van der Waals surface area contributed by atoms with Gasteiger partial charge in [-0.05, 0) is 57.8 Å². The van der Waals surface area contributed by atoms with E-state index < -0.39 is 0 Å². The second-order valence-corrected chi connectivity index (χ2v) is 6.15. The third-order valence-corrected chi connectivity index (χ3v) is 4.63. The van der Waals surface area contributed by atoms with E-state index in [0.29, 0.717) is 6.04 Å². The summed E-state index contributed by atoms with van der Waals surface area (Å²) in [5, 5.41) is 3.59. The van der Waals surface area contributed by atoms with Crippen molar-refractivity contribution in [1.29, 1.82) is 0 Å². The Morgan fingerprint density at radius 1 is 1.29 bits per heavy atom. The first-order valence-electron chi connectivity index (χ1n) is 8.33. The fourth-order valence-electron chi connectivity index (χ4n) is 3.18. The van der Waals surface area contributed by atoms with Gasteiger partial charge in [0.05, 0.1) is 5.69 Å². The monoisotopic (exact) mass is 291 g/mol. The Hall–Kier alpha value is -1.29. The van der Waals surface area contributed by atoms with E-state index in [0.717, 1.165) is 31.1 Å². The summed E-state index contributed by atoms with van der Waals surface area (Å²) in [6.07, 6.45) is 5.46. The van der Waals surface area contributed by atoms with Gasteiger partial charge in [-0.25, -0.2) is 0 Å². The van der Waals surface area contributed by atoms with Crippen LogP contribution in [0.2, 0.25) is 0 Å². The molecule has 1 saturated heterocycles. The molecule has 1 N–H and O–H groups in total. The predicted octanol–water partition coefficient (Wildman–Crippen LogP) is 2.79. The lowest BCUT2D eigenvalue weighted by Crippen LogP contribution is -2.39. The highest BCUT2D eigenvalue weighted by Gasteiger charge is 2.23. The number of pyridine rings is 1. The summed E-state index contributed by atoms with van der Waals surface area (Å²) in [7, 11) is 0. The zero-order chi connectivity index (χ0) is 15.2. The van der Waals surface area contributed by atoms with Crippen molar-refractivity contribution < 1.29 is 0 Å². The van der Waals surface area contributed by atoms with Crippen LogP contribution in [-0.2, 0) is 6.54 Å². The van der Waals surface area contributed by atoms with E-state index >= 15 is 0 Å². The first-order chi connectivity index (χ1) is 10.1. The Morgan fingerprint density at radius 2 is 2.00 bits per heavy atom. The Bertz CT molecular complexity index is 489. The highest BCUT2D eigenvalue weighted by molar-refractivity contribution is 5.41. The van der Waals surface area contributed by atoms with Crippen molar-refractivity contribution >= 4 is 5.69 Å². The molecule has 4 heteroatoms. The van der Waals surface area contributed by atoms with Gasteiger partial charge in [0.2, 0.25) is 0 Å². The van der Waals surface area contributed by atoms with E-state index in [2.05, 4.69) is 31.0 Å². The van der Waals surface area contributed by atoms with Crippen LogP contribution in [-0.4, -0.2) is 35.1 Å². The molecule has 1 aromatic heterocycles. The standard InChI is InChI=1S/C17H29N3O/c1-4-10-20-13-16(6-7-17(20)21)18-14(3)15-8-11-19(5-2)12-9-15/h6-7,13-15,18H,4-5,8-12H2,1-3H3. The van der Waals surface area contributed by atoms with Crippen molar-refractivity contribution in [3.05, 3.63) is 28.7 Å². The molecule has 0 saturated carbocycles. The van der Waals surface area contributed by atoms with Crippen molar-refractivity contribution in [2.24, 2.45) is 5.92 Å². The van der Waals surface area contributed by atoms with Gasteiger partial charge in [-0.3, -0.25) is 4.79 Å². The fourth-order valence-corrected chi connectivity index (χ4v) is 3.18. The van der Waals surface area contributed by atoms with Gasteiger partial charge in [0.15, 0.2) is 0 Å². The molecule has 1 atom stereocenters. The second kappa shape index (κ2) is 7.64. The number of piperidine rings is 1. The van der Waals surface area contributed by atoms with Crippen LogP contribution in [0.5, 0.6) is 0 Å². The largest absolute Gasteiger partial charge is 0.381 e. The quantitative estimate of drug-likeness (QED) is 0.875. The third kappa shape index (κ3) is 4.34. The van der Waals surface area contributed by atoms with Gasteiger partial charge < -0.3 is 14.8 Å². The van der Waals surface area contributed by atoms with Gasteiger partial charge >= 0.3 is 0 Å². The van der Waals surface area contributed by atoms with Crippen LogP contribution in [0.15, 0.2) is 23.1 Å². The van der Waals surface area contributed by atoms with Crippen molar-refractivity contribution in [3.63, 3.8) is 0 Å². The number of nitrogens with zero attached hydrogens (tertiary/aromatic N) is 2. The maximum atomic E-state index is 11.7. The van der Waals surface area contributed by atoms with Gasteiger partial charge in [-0.1, -0.05) is 13.8 Å². The zero-order valence-corrected chi connectivity index (χ0v) is 13.6. The fraction of sp³-hybridized carbons (Fsp3) is 0.706. The van der Waals surface area contributed by atoms with Crippen LogP contribution in [0.1, 0.15) is 40.0 Å². The van der Waals surface area contributed by atoms with E-state index in [1.54, 1.807) is 10.6 Å². The molecule has 2 heterocycles. The average molecular weight is 291 g/mol. The average Bonchev–Trinajstić information content (AvgIpc) is 2.51. The van der Waals surface area contributed by atoms with E-state index in [4.69, 9.17) is 0 Å². The summed E-state index contributed by atoms with van der Waals surface area (Å²) < 4.78 is 1.80. The topological polar surface area (TPSA) is 37.3 Å². The van der Waals surface area contributed by atoms with Crippen molar-refractivity contribution in [1.82, 2.24) is 9.47 Å². The molecule has 0 aromatic carbocycles. The number of likely N-dealkylation sites (tertiary alicyclic amines) is 1. The minimum absolute atomic E-state index is 0.0892. The SMILES string of the molecule is CCCn1cc(NC(C)C2CCN(CC)CC2)ccc1=O. The highest BCUT2D eigenvalue weighted by Crippen LogP contribution is 2.22. The number of hydrogen-bond acceptors (Lipinski definition) is 3. The van der Waals surface area contributed by atoms with Gasteiger partial charge in [0.1, 0.15) is 0 Å². The summed E-state index contributed by atoms with van der Waals surface area (Å²) in [6.45, 7) is 11.0. The molecule has 1 aliphatic rings. The van der Waals surface area contributed by atoms with Crippen LogP contribution in [0.25, 0.3) is 0 Å². The Morgan fingerprint density at radius 3 is 2.62 bits per heavy atom. The number of anilines is 1. The molecule has 2 rings (SSSR count). The molecule has 21 heavy (non-hydrogen) atoms. The van der Waals surface area contributed by atoms with Crippen LogP contribution >= 0.6 is 0 Å². The van der Waals surface area contributed by atoms with E-state index in [1.165, 1.54) is 25.9 Å². The van der Waals surface area contributed by atoms with Gasteiger partial charge in [-0.2, -0.15) is 0 Å². The van der Waals surface area contributed by atoms with Gasteiger partial charge in [0.25, 0.3) is 5.56 Å². The summed E-state index contributed by atoms with van der Waals surface area (Å²) in [4.78, 5) is 14.3. The number of hydrogen-bond donors (Lipinski definition) is 1. The normalized spacial score (nSPS) is 18.6. The highest BCUT2D eigenvalue weighted by atomic mass is 16.1. The molecule has 0 bridgehead atoms. The minimum atomic E-state index is 0.0892. The van der Waals surface area contributed by atoms with Crippen LogP contribution in [0.3, 0.4) is 0 Å². The summed E-state index contributed by atoms with van der Waals surface area (Å²) in [5.41, 5.74) is 1.15. The summed E-state index contributed by atoms with van der Waals surface area (Å²) in [6, 6.07) is 4.04. The van der Waals surface area contributed by atoms with Crippen molar-refractivity contribution in [2.75, 3.05) is 25.0 Å². The zero-order valence-electron chi connectivity index (χ0n) is 13.6. The lowest BCUT2D eigenvalue weighted by atomic mass is 9.90. The summed E-state index contributed by atoms with van der Waals surface area (Å²) >= 11 is 0.